The number of halogens is 1. The van der Waals surface area contributed by atoms with Gasteiger partial charge in [0.25, 0.3) is 0 Å². The van der Waals surface area contributed by atoms with Crippen molar-refractivity contribution in [2.24, 2.45) is 0 Å². The van der Waals surface area contributed by atoms with Crippen LogP contribution in [0.4, 0.5) is 0 Å². The van der Waals surface area contributed by atoms with Crippen LogP contribution in [-0.4, -0.2) is 20.0 Å². The van der Waals surface area contributed by atoms with Crippen molar-refractivity contribution in [2.45, 2.75) is 0 Å². The summed E-state index contributed by atoms with van der Waals surface area (Å²) in [7, 11) is 0. The van der Waals surface area contributed by atoms with Crippen LogP contribution in [-0.2, 0) is 0 Å². The van der Waals surface area contributed by atoms with Gasteiger partial charge in [0.15, 0.2) is 10.9 Å². The molecule has 6 heteroatoms. The van der Waals surface area contributed by atoms with Crippen LogP contribution in [0.1, 0.15) is 0 Å². The van der Waals surface area contributed by atoms with Crippen molar-refractivity contribution < 1.29 is 4.42 Å². The summed E-state index contributed by atoms with van der Waals surface area (Å²) in [6, 6.07) is 6.99. The van der Waals surface area contributed by atoms with Crippen molar-refractivity contribution in [1.82, 2.24) is 20.0 Å². The normalized spacial score (nSPS) is 11.0. The highest BCUT2D eigenvalue weighted by Crippen LogP contribution is 2.19. The van der Waals surface area contributed by atoms with E-state index in [0.717, 1.165) is 0 Å². The second-order valence-corrected chi connectivity index (χ2v) is 3.30. The molecule has 0 saturated heterocycles. The fourth-order valence-corrected chi connectivity index (χ4v) is 1.47. The summed E-state index contributed by atoms with van der Waals surface area (Å²) in [6.45, 7) is 0. The first-order valence-corrected chi connectivity index (χ1v) is 4.64. The van der Waals surface area contributed by atoms with Crippen LogP contribution in [0.15, 0.2) is 34.9 Å². The van der Waals surface area contributed by atoms with Gasteiger partial charge in [-0.05, 0) is 29.8 Å². The van der Waals surface area contributed by atoms with Gasteiger partial charge in [-0.3, -0.25) is 0 Å². The standard InChI is InChI=1S/C9H5ClN4O/c10-7-3-4-8(15-7)14-9-6(12-13-14)2-1-5-11-9/h1-5H. The summed E-state index contributed by atoms with van der Waals surface area (Å²) in [5.74, 6) is 0.501. The average molecular weight is 221 g/mol. The van der Waals surface area contributed by atoms with Gasteiger partial charge in [0.2, 0.25) is 5.88 Å². The lowest BCUT2D eigenvalue weighted by atomic mass is 10.4. The number of fused-ring (bicyclic) bond motifs is 1. The fourth-order valence-electron chi connectivity index (χ4n) is 1.33. The molecule has 0 aliphatic carbocycles. The minimum atomic E-state index is 0.310. The molecule has 0 unspecified atom stereocenters. The fraction of sp³-hybridized carbons (Fsp3) is 0. The molecule has 3 heterocycles. The maximum absolute atomic E-state index is 5.68. The maximum Gasteiger partial charge on any atom is 0.225 e. The number of furan rings is 1. The number of pyridine rings is 1. The predicted molar refractivity (Wildman–Crippen MR) is 53.9 cm³/mol. The molecule has 0 aliphatic heterocycles. The molecule has 0 spiro atoms. The third kappa shape index (κ3) is 1.28. The van der Waals surface area contributed by atoms with E-state index < -0.39 is 0 Å². The first kappa shape index (κ1) is 8.43. The molecule has 5 nitrogen and oxygen atoms in total. The first-order chi connectivity index (χ1) is 7.34. The molecule has 0 atom stereocenters. The first-order valence-electron chi connectivity index (χ1n) is 4.27. The second kappa shape index (κ2) is 3.06. The SMILES string of the molecule is Clc1ccc(-n2nnc3cccnc32)o1. The average Bonchev–Trinajstić information content (AvgIpc) is 2.83. The number of aromatic nitrogens is 4. The van der Waals surface area contributed by atoms with E-state index in [9.17, 15) is 0 Å². The quantitative estimate of drug-likeness (QED) is 0.630. The van der Waals surface area contributed by atoms with Crippen molar-refractivity contribution >= 4 is 22.8 Å². The van der Waals surface area contributed by atoms with Crippen molar-refractivity contribution in [1.29, 1.82) is 0 Å². The van der Waals surface area contributed by atoms with E-state index in [1.807, 2.05) is 6.07 Å². The highest BCUT2D eigenvalue weighted by Gasteiger charge is 2.09. The molecule has 74 valence electrons. The van der Waals surface area contributed by atoms with E-state index in [2.05, 4.69) is 15.3 Å². The molecule has 15 heavy (non-hydrogen) atoms. The Kier molecular flexibility index (Phi) is 1.72. The summed E-state index contributed by atoms with van der Waals surface area (Å²) in [5, 5.41) is 8.19. The molecule has 3 rings (SSSR count). The van der Waals surface area contributed by atoms with Gasteiger partial charge in [-0.25, -0.2) is 4.98 Å². The Bertz CT molecular complexity index is 615. The largest absolute Gasteiger partial charge is 0.427 e. The van der Waals surface area contributed by atoms with Gasteiger partial charge in [-0.15, -0.1) is 5.10 Å². The Labute approximate surface area is 89.3 Å². The van der Waals surface area contributed by atoms with E-state index in [1.54, 1.807) is 24.4 Å². The smallest absolute Gasteiger partial charge is 0.225 e. The van der Waals surface area contributed by atoms with E-state index in [1.165, 1.54) is 4.68 Å². The van der Waals surface area contributed by atoms with Crippen molar-refractivity contribution in [3.8, 4) is 5.88 Å². The molecule has 0 saturated carbocycles. The molecular weight excluding hydrogens is 216 g/mol. The molecule has 0 aromatic carbocycles. The minimum Gasteiger partial charge on any atom is -0.427 e. The van der Waals surface area contributed by atoms with Gasteiger partial charge < -0.3 is 4.42 Å². The second-order valence-electron chi connectivity index (χ2n) is 2.93. The van der Waals surface area contributed by atoms with Crippen LogP contribution in [0.3, 0.4) is 0 Å². The summed E-state index contributed by atoms with van der Waals surface area (Å²) in [6.07, 6.45) is 1.67. The molecule has 0 bridgehead atoms. The van der Waals surface area contributed by atoms with Gasteiger partial charge in [-0.1, -0.05) is 5.21 Å². The van der Waals surface area contributed by atoms with E-state index in [0.29, 0.717) is 22.3 Å². The topological polar surface area (TPSA) is 56.7 Å². The van der Waals surface area contributed by atoms with Crippen molar-refractivity contribution in [3.05, 3.63) is 35.7 Å². The lowest BCUT2D eigenvalue weighted by molar-refractivity contribution is 0.522. The monoisotopic (exact) mass is 220 g/mol. The molecule has 0 N–H and O–H groups in total. The lowest BCUT2D eigenvalue weighted by Crippen LogP contribution is -1.95. The third-order valence-electron chi connectivity index (χ3n) is 1.98. The van der Waals surface area contributed by atoms with E-state index >= 15 is 0 Å². The third-order valence-corrected chi connectivity index (χ3v) is 2.18. The summed E-state index contributed by atoms with van der Waals surface area (Å²) < 4.78 is 6.72. The Morgan fingerprint density at radius 2 is 2.20 bits per heavy atom. The van der Waals surface area contributed by atoms with Crippen LogP contribution in [0, 0.1) is 0 Å². The summed E-state index contributed by atoms with van der Waals surface area (Å²) in [4.78, 5) is 4.16. The predicted octanol–water partition coefficient (Wildman–Crippen LogP) is 2.06. The molecule has 0 aliphatic rings. The zero-order valence-corrected chi connectivity index (χ0v) is 8.22. The summed E-state index contributed by atoms with van der Waals surface area (Å²) >= 11 is 5.68. The minimum absolute atomic E-state index is 0.310. The van der Waals surface area contributed by atoms with E-state index in [4.69, 9.17) is 16.0 Å². The molecule has 3 aromatic heterocycles. The van der Waals surface area contributed by atoms with Crippen molar-refractivity contribution in [3.63, 3.8) is 0 Å². The zero-order valence-electron chi connectivity index (χ0n) is 7.46. The number of nitrogens with zero attached hydrogens (tertiary/aromatic N) is 4. The number of hydrogen-bond acceptors (Lipinski definition) is 4. The van der Waals surface area contributed by atoms with E-state index in [-0.39, 0.29) is 0 Å². The van der Waals surface area contributed by atoms with Gasteiger partial charge >= 0.3 is 0 Å². The number of hydrogen-bond donors (Lipinski definition) is 0. The summed E-state index contributed by atoms with van der Waals surface area (Å²) in [5.41, 5.74) is 1.36. The van der Waals surface area contributed by atoms with Crippen molar-refractivity contribution in [2.75, 3.05) is 0 Å². The lowest BCUT2D eigenvalue weighted by Gasteiger charge is -1.94. The molecule has 0 fully saturated rings. The van der Waals surface area contributed by atoms with Crippen LogP contribution in [0.5, 0.6) is 0 Å². The Morgan fingerprint density at radius 1 is 1.27 bits per heavy atom. The Hall–Kier alpha value is -1.88. The molecule has 0 radical (unpaired) electrons. The van der Waals surface area contributed by atoms with Gasteiger partial charge in [0.1, 0.15) is 5.52 Å². The van der Waals surface area contributed by atoms with Gasteiger partial charge in [0.05, 0.1) is 0 Å². The highest BCUT2D eigenvalue weighted by molar-refractivity contribution is 6.28. The molecular formula is C9H5ClN4O. The highest BCUT2D eigenvalue weighted by atomic mass is 35.5. The Balaban J connectivity index is 2.27. The van der Waals surface area contributed by atoms with Crippen LogP contribution >= 0.6 is 11.6 Å². The van der Waals surface area contributed by atoms with Crippen LogP contribution in [0.2, 0.25) is 5.22 Å². The van der Waals surface area contributed by atoms with Gasteiger partial charge in [-0.2, -0.15) is 4.68 Å². The maximum atomic E-state index is 5.68. The zero-order chi connectivity index (χ0) is 10.3. The Morgan fingerprint density at radius 3 is 3.00 bits per heavy atom. The van der Waals surface area contributed by atoms with Gasteiger partial charge in [0, 0.05) is 12.3 Å². The van der Waals surface area contributed by atoms with Crippen LogP contribution < -0.4 is 0 Å². The molecule has 3 aromatic rings. The molecule has 0 amide bonds. The number of rotatable bonds is 1. The van der Waals surface area contributed by atoms with Crippen LogP contribution in [0.25, 0.3) is 17.0 Å².